The van der Waals surface area contributed by atoms with Crippen LogP contribution in [0.15, 0.2) is 30.3 Å². The van der Waals surface area contributed by atoms with E-state index >= 15 is 0 Å². The van der Waals surface area contributed by atoms with Crippen molar-refractivity contribution >= 4 is 11.8 Å². The third kappa shape index (κ3) is 4.38. The van der Waals surface area contributed by atoms with Crippen molar-refractivity contribution in [3.63, 3.8) is 0 Å². The SMILES string of the molecule is Cc1cc(C(=O)NC[C@@H](Cc2ccc(F)cc2)C(N)=O)n(C)n1. The number of primary amides is 1. The van der Waals surface area contributed by atoms with Crippen molar-refractivity contribution in [2.45, 2.75) is 13.3 Å². The highest BCUT2D eigenvalue weighted by Gasteiger charge is 2.19. The van der Waals surface area contributed by atoms with Gasteiger partial charge in [0.15, 0.2) is 0 Å². The minimum atomic E-state index is -0.571. The first-order chi connectivity index (χ1) is 10.9. The molecule has 1 aromatic carbocycles. The summed E-state index contributed by atoms with van der Waals surface area (Å²) in [5.74, 6) is -1.75. The summed E-state index contributed by atoms with van der Waals surface area (Å²) in [6, 6.07) is 7.50. The van der Waals surface area contributed by atoms with E-state index in [4.69, 9.17) is 5.73 Å². The Kier molecular flexibility index (Phi) is 5.10. The van der Waals surface area contributed by atoms with Crippen molar-refractivity contribution in [1.29, 1.82) is 0 Å². The lowest BCUT2D eigenvalue weighted by Gasteiger charge is -2.14. The van der Waals surface area contributed by atoms with Crippen LogP contribution in [-0.2, 0) is 18.3 Å². The average Bonchev–Trinajstić information content (AvgIpc) is 2.83. The summed E-state index contributed by atoms with van der Waals surface area (Å²) in [4.78, 5) is 23.7. The summed E-state index contributed by atoms with van der Waals surface area (Å²) in [7, 11) is 1.67. The maximum absolute atomic E-state index is 12.9. The molecule has 2 rings (SSSR count). The number of amides is 2. The molecule has 2 amide bonds. The lowest BCUT2D eigenvalue weighted by molar-refractivity contribution is -0.121. The summed E-state index contributed by atoms with van der Waals surface area (Å²) in [6.45, 7) is 1.90. The number of carbonyl (C=O) groups excluding carboxylic acids is 2. The molecule has 7 heteroatoms. The molecule has 0 radical (unpaired) electrons. The molecule has 0 unspecified atom stereocenters. The molecule has 1 atom stereocenters. The standard InChI is InChI=1S/C16H19FN4O2/c1-10-7-14(21(2)20-10)16(23)19-9-12(15(18)22)8-11-3-5-13(17)6-4-11/h3-7,12H,8-9H2,1-2H3,(H2,18,22)(H,19,23)/t12-/m1/s1. The summed E-state index contributed by atoms with van der Waals surface area (Å²) in [6.07, 6.45) is 0.334. The molecule has 2 aromatic rings. The van der Waals surface area contributed by atoms with E-state index < -0.39 is 11.8 Å². The Labute approximate surface area is 133 Å². The van der Waals surface area contributed by atoms with E-state index in [0.717, 1.165) is 11.3 Å². The number of aromatic nitrogens is 2. The van der Waals surface area contributed by atoms with E-state index in [9.17, 15) is 14.0 Å². The average molecular weight is 318 g/mol. The number of hydrogen-bond donors (Lipinski definition) is 2. The van der Waals surface area contributed by atoms with E-state index in [1.165, 1.54) is 16.8 Å². The van der Waals surface area contributed by atoms with Crippen LogP contribution in [0.25, 0.3) is 0 Å². The van der Waals surface area contributed by atoms with Gasteiger partial charge in [0.2, 0.25) is 5.91 Å². The van der Waals surface area contributed by atoms with Crippen molar-refractivity contribution in [3.05, 3.63) is 53.1 Å². The number of aryl methyl sites for hydroxylation is 2. The summed E-state index contributed by atoms with van der Waals surface area (Å²) >= 11 is 0. The molecule has 6 nitrogen and oxygen atoms in total. The van der Waals surface area contributed by atoms with Crippen LogP contribution in [0.1, 0.15) is 21.7 Å². The van der Waals surface area contributed by atoms with Gasteiger partial charge in [-0.2, -0.15) is 5.10 Å². The number of nitrogens with zero attached hydrogens (tertiary/aromatic N) is 2. The normalized spacial score (nSPS) is 12.0. The van der Waals surface area contributed by atoms with E-state index in [-0.39, 0.29) is 18.3 Å². The molecular weight excluding hydrogens is 299 g/mol. The first kappa shape index (κ1) is 16.7. The Morgan fingerprint density at radius 3 is 2.52 bits per heavy atom. The van der Waals surface area contributed by atoms with Gasteiger partial charge in [-0.25, -0.2) is 4.39 Å². The summed E-state index contributed by atoms with van der Waals surface area (Å²) < 4.78 is 14.4. The molecule has 0 aliphatic heterocycles. The topological polar surface area (TPSA) is 90.0 Å². The van der Waals surface area contributed by atoms with Gasteiger partial charge in [0, 0.05) is 13.6 Å². The lowest BCUT2D eigenvalue weighted by atomic mass is 9.98. The van der Waals surface area contributed by atoms with Crippen molar-refractivity contribution in [2.24, 2.45) is 18.7 Å². The highest BCUT2D eigenvalue weighted by molar-refractivity contribution is 5.93. The van der Waals surface area contributed by atoms with Gasteiger partial charge in [0.05, 0.1) is 11.6 Å². The number of benzene rings is 1. The second-order valence-electron chi connectivity index (χ2n) is 5.43. The fraction of sp³-hybridized carbons (Fsp3) is 0.312. The van der Waals surface area contributed by atoms with Crippen LogP contribution < -0.4 is 11.1 Å². The zero-order valence-corrected chi connectivity index (χ0v) is 13.0. The van der Waals surface area contributed by atoms with Crippen LogP contribution in [-0.4, -0.2) is 28.1 Å². The molecule has 23 heavy (non-hydrogen) atoms. The Morgan fingerprint density at radius 2 is 2.00 bits per heavy atom. The first-order valence-corrected chi connectivity index (χ1v) is 7.19. The van der Waals surface area contributed by atoms with Gasteiger partial charge in [-0.3, -0.25) is 14.3 Å². The predicted octanol–water partition coefficient (Wildman–Crippen LogP) is 0.942. The number of nitrogens with one attached hydrogen (secondary N) is 1. The number of nitrogens with two attached hydrogens (primary N) is 1. The van der Waals surface area contributed by atoms with Crippen LogP contribution in [0.2, 0.25) is 0 Å². The minimum Gasteiger partial charge on any atom is -0.369 e. The number of rotatable bonds is 6. The van der Waals surface area contributed by atoms with Gasteiger partial charge < -0.3 is 11.1 Å². The summed E-state index contributed by atoms with van der Waals surface area (Å²) in [5, 5.41) is 6.79. The third-order valence-corrected chi connectivity index (χ3v) is 3.54. The molecule has 0 aliphatic rings. The molecule has 1 heterocycles. The Morgan fingerprint density at radius 1 is 1.35 bits per heavy atom. The predicted molar refractivity (Wildman–Crippen MR) is 83.1 cm³/mol. The third-order valence-electron chi connectivity index (χ3n) is 3.54. The van der Waals surface area contributed by atoms with Crippen molar-refractivity contribution < 1.29 is 14.0 Å². The molecular formula is C16H19FN4O2. The first-order valence-electron chi connectivity index (χ1n) is 7.19. The van der Waals surface area contributed by atoms with E-state index in [2.05, 4.69) is 10.4 Å². The number of carbonyl (C=O) groups is 2. The van der Waals surface area contributed by atoms with E-state index in [0.29, 0.717) is 12.1 Å². The van der Waals surface area contributed by atoms with Gasteiger partial charge in [-0.15, -0.1) is 0 Å². The van der Waals surface area contributed by atoms with Crippen LogP contribution in [0.4, 0.5) is 4.39 Å². The monoisotopic (exact) mass is 318 g/mol. The Balaban J connectivity index is 1.99. The largest absolute Gasteiger partial charge is 0.369 e. The van der Waals surface area contributed by atoms with Crippen molar-refractivity contribution in [2.75, 3.05) is 6.54 Å². The van der Waals surface area contributed by atoms with Gasteiger partial charge in [0.1, 0.15) is 11.5 Å². The molecule has 0 bridgehead atoms. The van der Waals surface area contributed by atoms with Gasteiger partial charge in [-0.1, -0.05) is 12.1 Å². The molecule has 1 aromatic heterocycles. The second-order valence-corrected chi connectivity index (χ2v) is 5.43. The van der Waals surface area contributed by atoms with Crippen LogP contribution in [0, 0.1) is 18.7 Å². The highest BCUT2D eigenvalue weighted by atomic mass is 19.1. The van der Waals surface area contributed by atoms with Crippen LogP contribution >= 0.6 is 0 Å². The van der Waals surface area contributed by atoms with Crippen molar-refractivity contribution in [1.82, 2.24) is 15.1 Å². The quantitative estimate of drug-likeness (QED) is 0.830. The van der Waals surface area contributed by atoms with Crippen LogP contribution in [0.5, 0.6) is 0 Å². The highest BCUT2D eigenvalue weighted by Crippen LogP contribution is 2.10. The molecule has 0 saturated heterocycles. The molecule has 0 spiro atoms. The Hall–Kier alpha value is -2.70. The maximum Gasteiger partial charge on any atom is 0.269 e. The molecule has 122 valence electrons. The zero-order valence-electron chi connectivity index (χ0n) is 13.0. The smallest absolute Gasteiger partial charge is 0.269 e. The number of halogens is 1. The molecule has 0 fully saturated rings. The fourth-order valence-corrected chi connectivity index (χ4v) is 2.31. The molecule has 0 aliphatic carbocycles. The van der Waals surface area contributed by atoms with Gasteiger partial charge in [-0.05, 0) is 37.1 Å². The minimum absolute atomic E-state index is 0.107. The van der Waals surface area contributed by atoms with E-state index in [1.54, 1.807) is 32.2 Å². The maximum atomic E-state index is 12.9. The summed E-state index contributed by atoms with van der Waals surface area (Å²) in [5.41, 5.74) is 7.31. The Bertz CT molecular complexity index is 709. The molecule has 3 N–H and O–H groups in total. The fourth-order valence-electron chi connectivity index (χ4n) is 2.31. The van der Waals surface area contributed by atoms with Crippen molar-refractivity contribution in [3.8, 4) is 0 Å². The van der Waals surface area contributed by atoms with Gasteiger partial charge in [0.25, 0.3) is 5.91 Å². The zero-order chi connectivity index (χ0) is 17.0. The number of hydrogen-bond acceptors (Lipinski definition) is 3. The molecule has 0 saturated carbocycles. The van der Waals surface area contributed by atoms with E-state index in [1.807, 2.05) is 0 Å². The second kappa shape index (κ2) is 7.04. The lowest BCUT2D eigenvalue weighted by Crippen LogP contribution is -2.37. The van der Waals surface area contributed by atoms with Gasteiger partial charge >= 0.3 is 0 Å². The van der Waals surface area contributed by atoms with Crippen LogP contribution in [0.3, 0.4) is 0 Å².